The van der Waals surface area contributed by atoms with E-state index in [0.29, 0.717) is 54.6 Å². The summed E-state index contributed by atoms with van der Waals surface area (Å²) in [5.41, 5.74) is 3.28. The van der Waals surface area contributed by atoms with E-state index in [4.69, 9.17) is 19.2 Å². The summed E-state index contributed by atoms with van der Waals surface area (Å²) in [6.45, 7) is 5.00. The molecule has 0 saturated heterocycles. The zero-order valence-electron chi connectivity index (χ0n) is 18.9. The van der Waals surface area contributed by atoms with Gasteiger partial charge in [0.1, 0.15) is 17.3 Å². The fraction of sp³-hybridized carbons (Fsp3) is 0.522. The SMILES string of the molecule is CCn1c(-c2cc3c(cc2OC)C(=O)CCC3)nc(C)c(NCC(COC)OC)c1=O. The van der Waals surface area contributed by atoms with Gasteiger partial charge in [-0.25, -0.2) is 4.98 Å². The van der Waals surface area contributed by atoms with Crippen LogP contribution in [0.3, 0.4) is 0 Å². The molecule has 1 heterocycles. The van der Waals surface area contributed by atoms with Crippen molar-refractivity contribution < 1.29 is 19.0 Å². The van der Waals surface area contributed by atoms with Crippen molar-refractivity contribution in [2.45, 2.75) is 45.8 Å². The highest BCUT2D eigenvalue weighted by Gasteiger charge is 2.24. The van der Waals surface area contributed by atoms with Crippen molar-refractivity contribution in [3.63, 3.8) is 0 Å². The van der Waals surface area contributed by atoms with Gasteiger partial charge in [0, 0.05) is 39.3 Å². The van der Waals surface area contributed by atoms with Crippen LogP contribution >= 0.6 is 0 Å². The summed E-state index contributed by atoms with van der Waals surface area (Å²) in [4.78, 5) is 30.4. The lowest BCUT2D eigenvalue weighted by Crippen LogP contribution is -2.32. The second kappa shape index (κ2) is 10.1. The fourth-order valence-corrected chi connectivity index (χ4v) is 3.98. The largest absolute Gasteiger partial charge is 0.496 e. The first-order valence-corrected chi connectivity index (χ1v) is 10.6. The molecule has 1 N–H and O–H groups in total. The van der Waals surface area contributed by atoms with Gasteiger partial charge in [-0.2, -0.15) is 0 Å². The molecule has 0 fully saturated rings. The Bertz CT molecular complexity index is 1020. The Morgan fingerprint density at radius 3 is 2.58 bits per heavy atom. The highest BCUT2D eigenvalue weighted by Crippen LogP contribution is 2.35. The van der Waals surface area contributed by atoms with Crippen molar-refractivity contribution in [2.75, 3.05) is 39.8 Å². The molecule has 168 valence electrons. The molecule has 1 atom stereocenters. The van der Waals surface area contributed by atoms with Gasteiger partial charge < -0.3 is 19.5 Å². The summed E-state index contributed by atoms with van der Waals surface area (Å²) in [5.74, 6) is 1.21. The summed E-state index contributed by atoms with van der Waals surface area (Å²) >= 11 is 0. The maximum atomic E-state index is 13.3. The van der Waals surface area contributed by atoms with Crippen LogP contribution in [0.25, 0.3) is 11.4 Å². The Hall–Kier alpha value is -2.71. The van der Waals surface area contributed by atoms with Crippen LogP contribution in [-0.4, -0.2) is 55.9 Å². The summed E-state index contributed by atoms with van der Waals surface area (Å²) < 4.78 is 17.7. The molecule has 8 heteroatoms. The second-order valence-corrected chi connectivity index (χ2v) is 7.63. The number of carbonyl (C=O) groups is 1. The third-order valence-corrected chi connectivity index (χ3v) is 5.68. The second-order valence-electron chi connectivity index (χ2n) is 7.63. The molecule has 1 aliphatic carbocycles. The molecule has 0 radical (unpaired) electrons. The molecule has 0 spiro atoms. The summed E-state index contributed by atoms with van der Waals surface area (Å²) in [6.07, 6.45) is 2.02. The van der Waals surface area contributed by atoms with Crippen LogP contribution < -0.4 is 15.6 Å². The van der Waals surface area contributed by atoms with E-state index >= 15 is 0 Å². The first-order valence-electron chi connectivity index (χ1n) is 10.6. The molecule has 0 saturated carbocycles. The Morgan fingerprint density at radius 1 is 1.16 bits per heavy atom. The van der Waals surface area contributed by atoms with Gasteiger partial charge in [-0.3, -0.25) is 14.2 Å². The summed E-state index contributed by atoms with van der Waals surface area (Å²) in [7, 11) is 4.78. The van der Waals surface area contributed by atoms with Crippen LogP contribution in [0.15, 0.2) is 16.9 Å². The quantitative estimate of drug-likeness (QED) is 0.655. The number of methoxy groups -OCH3 is 3. The van der Waals surface area contributed by atoms with E-state index in [2.05, 4.69) is 5.32 Å². The van der Waals surface area contributed by atoms with Crippen LogP contribution in [0.1, 0.15) is 41.4 Å². The number of fused-ring (bicyclic) bond motifs is 1. The van der Waals surface area contributed by atoms with E-state index in [9.17, 15) is 9.59 Å². The topological polar surface area (TPSA) is 91.7 Å². The number of ketones is 1. The van der Waals surface area contributed by atoms with Gasteiger partial charge in [0.05, 0.1) is 31.1 Å². The third kappa shape index (κ3) is 4.65. The van der Waals surface area contributed by atoms with Crippen LogP contribution in [0.5, 0.6) is 5.75 Å². The van der Waals surface area contributed by atoms with Crippen molar-refractivity contribution in [2.24, 2.45) is 0 Å². The number of aromatic nitrogens is 2. The van der Waals surface area contributed by atoms with Crippen LogP contribution in [0, 0.1) is 6.92 Å². The van der Waals surface area contributed by atoms with Gasteiger partial charge in [-0.1, -0.05) is 0 Å². The number of benzene rings is 1. The molecule has 1 aromatic carbocycles. The van der Waals surface area contributed by atoms with Crippen LogP contribution in [-0.2, 0) is 22.4 Å². The van der Waals surface area contributed by atoms with Crippen molar-refractivity contribution in [3.8, 4) is 17.1 Å². The number of aryl methyl sites for hydroxylation is 2. The molecule has 1 aliphatic rings. The van der Waals surface area contributed by atoms with E-state index in [1.807, 2.05) is 13.0 Å². The lowest BCUT2D eigenvalue weighted by Gasteiger charge is -2.21. The summed E-state index contributed by atoms with van der Waals surface area (Å²) in [5, 5.41) is 3.18. The monoisotopic (exact) mass is 429 g/mol. The molecule has 1 aromatic heterocycles. The smallest absolute Gasteiger partial charge is 0.277 e. The zero-order valence-corrected chi connectivity index (χ0v) is 18.9. The van der Waals surface area contributed by atoms with Gasteiger partial charge in [-0.15, -0.1) is 0 Å². The van der Waals surface area contributed by atoms with Crippen molar-refractivity contribution >= 4 is 11.5 Å². The third-order valence-electron chi connectivity index (χ3n) is 5.68. The van der Waals surface area contributed by atoms with Crippen molar-refractivity contribution in [1.29, 1.82) is 0 Å². The Kier molecular flexibility index (Phi) is 7.46. The predicted octanol–water partition coefficient (Wildman–Crippen LogP) is 2.84. The Morgan fingerprint density at radius 2 is 1.94 bits per heavy atom. The number of carbonyl (C=O) groups excluding carboxylic acids is 1. The van der Waals surface area contributed by atoms with Gasteiger partial charge in [0.25, 0.3) is 5.56 Å². The Balaban J connectivity index is 2.07. The molecular formula is C23H31N3O5. The number of nitrogens with zero attached hydrogens (tertiary/aromatic N) is 2. The minimum Gasteiger partial charge on any atom is -0.496 e. The molecule has 0 amide bonds. The molecule has 0 aliphatic heterocycles. The molecule has 8 nitrogen and oxygen atoms in total. The van der Waals surface area contributed by atoms with Gasteiger partial charge >= 0.3 is 0 Å². The molecule has 1 unspecified atom stereocenters. The van der Waals surface area contributed by atoms with E-state index in [0.717, 1.165) is 24.0 Å². The van der Waals surface area contributed by atoms with Crippen LogP contribution in [0.4, 0.5) is 5.69 Å². The number of nitrogens with one attached hydrogen (secondary N) is 1. The van der Waals surface area contributed by atoms with Gasteiger partial charge in [0.15, 0.2) is 5.78 Å². The predicted molar refractivity (Wildman–Crippen MR) is 119 cm³/mol. The first-order chi connectivity index (χ1) is 14.9. The number of rotatable bonds is 9. The average molecular weight is 430 g/mol. The van der Waals surface area contributed by atoms with E-state index in [-0.39, 0.29) is 17.4 Å². The highest BCUT2D eigenvalue weighted by molar-refractivity contribution is 5.99. The molecule has 31 heavy (non-hydrogen) atoms. The van der Waals surface area contributed by atoms with E-state index < -0.39 is 0 Å². The van der Waals surface area contributed by atoms with Crippen molar-refractivity contribution in [1.82, 2.24) is 9.55 Å². The lowest BCUT2D eigenvalue weighted by molar-refractivity contribution is 0.0365. The van der Waals surface area contributed by atoms with E-state index in [1.54, 1.807) is 38.9 Å². The first kappa shape index (κ1) is 23.0. The standard InChI is InChI=1S/C23H31N3O5/c1-6-26-22(18-10-15-8-7-9-19(27)17(15)11-20(18)31-5)25-14(2)21(23(26)28)24-12-16(30-4)13-29-3/h10-11,16,24H,6-9,12-13H2,1-5H3. The number of ether oxygens (including phenoxy) is 3. The molecule has 0 bridgehead atoms. The minimum atomic E-state index is -0.183. The molecular weight excluding hydrogens is 398 g/mol. The number of anilines is 1. The maximum absolute atomic E-state index is 13.3. The minimum absolute atomic E-state index is 0.131. The number of Topliss-reactive ketones (excluding diaryl/α,β-unsaturated/α-hetero) is 1. The van der Waals surface area contributed by atoms with Crippen molar-refractivity contribution in [3.05, 3.63) is 39.3 Å². The van der Waals surface area contributed by atoms with Gasteiger partial charge in [-0.05, 0) is 44.4 Å². The van der Waals surface area contributed by atoms with E-state index in [1.165, 1.54) is 0 Å². The lowest BCUT2D eigenvalue weighted by atomic mass is 9.88. The molecule has 2 aromatic rings. The Labute approximate surface area is 182 Å². The molecule has 3 rings (SSSR count). The number of hydrogen-bond donors (Lipinski definition) is 1. The average Bonchev–Trinajstić information content (AvgIpc) is 2.77. The number of hydrogen-bond acceptors (Lipinski definition) is 7. The fourth-order valence-electron chi connectivity index (χ4n) is 3.98. The zero-order chi connectivity index (χ0) is 22.5. The highest BCUT2D eigenvalue weighted by atomic mass is 16.5. The maximum Gasteiger partial charge on any atom is 0.277 e. The normalized spacial score (nSPS) is 14.3. The summed E-state index contributed by atoms with van der Waals surface area (Å²) in [6, 6.07) is 3.74. The van der Waals surface area contributed by atoms with Gasteiger partial charge in [0.2, 0.25) is 0 Å². The van der Waals surface area contributed by atoms with Crippen LogP contribution in [0.2, 0.25) is 0 Å².